The van der Waals surface area contributed by atoms with Gasteiger partial charge < -0.3 is 0 Å². The van der Waals surface area contributed by atoms with Gasteiger partial charge in [0.2, 0.25) is 0 Å². The number of Topliss-reactive ketones (excluding diaryl/α,β-unsaturated/α-hetero) is 1. The summed E-state index contributed by atoms with van der Waals surface area (Å²) in [6, 6.07) is -0.0161. The van der Waals surface area contributed by atoms with Gasteiger partial charge in [0.05, 0.1) is 0 Å². The zero-order chi connectivity index (χ0) is 30.1. The number of fused-ring (bicyclic) bond motifs is 3. The molecule has 1 saturated heterocycles. The summed E-state index contributed by atoms with van der Waals surface area (Å²) in [6.45, 7) is 1.58. The third kappa shape index (κ3) is 4.20. The van der Waals surface area contributed by atoms with Crippen molar-refractivity contribution in [2.24, 2.45) is 17.6 Å². The normalized spacial score (nSPS) is 28.1. The number of carbonyl (C=O) groups is 3. The molecule has 1 radical (unpaired) electrons. The fraction of sp³-hybridized carbons (Fsp3) is 0.500. The predicted octanol–water partition coefficient (Wildman–Crippen LogP) is -0.0665. The summed E-state index contributed by atoms with van der Waals surface area (Å²) in [7, 11) is 10.7. The molecular formula is C28H33BFN4O7. The van der Waals surface area contributed by atoms with Crippen molar-refractivity contribution in [3.8, 4) is 5.75 Å². The number of halogens is 1. The number of anilines is 1. The van der Waals surface area contributed by atoms with E-state index in [9.17, 15) is 34.8 Å². The standard InChI is InChI=1S/C28H33BFN4O7/c1-32(2)21-14-9-12-8-13-15(30)10-16(33(3)17(35)11-34-6-4-5-7-34)22(36)19(13)23(37)18(12)26(39)28(14,41)25(29)20(24(21)38)27(31)40/h10,12,14,21,36-38,41H,4-9,11H2,1-3H3,(H2,31,40)/t12-,14-,21-,28+/m0/s1. The van der Waals surface area contributed by atoms with Gasteiger partial charge >= 0.3 is 211 Å². The van der Waals surface area contributed by atoms with Crippen molar-refractivity contribution in [1.29, 1.82) is 0 Å². The van der Waals surface area contributed by atoms with Gasteiger partial charge in [0, 0.05) is 0 Å². The number of hydrogen-bond donors (Lipinski definition) is 5. The zero-order valence-electron chi connectivity index (χ0n) is 23.1. The Labute approximate surface area is 237 Å². The molecule has 1 aromatic rings. The average molecular weight is 567 g/mol. The van der Waals surface area contributed by atoms with Gasteiger partial charge in [0.15, 0.2) is 0 Å². The molecule has 4 atom stereocenters. The second-order valence-corrected chi connectivity index (χ2v) is 11.6. The van der Waals surface area contributed by atoms with Gasteiger partial charge in [-0.3, -0.25) is 0 Å². The number of rotatable bonds is 5. The van der Waals surface area contributed by atoms with Crippen molar-refractivity contribution in [3.63, 3.8) is 0 Å². The van der Waals surface area contributed by atoms with Crippen LogP contribution in [-0.2, 0) is 20.8 Å². The number of nitrogens with zero attached hydrogens (tertiary/aromatic N) is 3. The Bertz CT molecular complexity index is 1450. The Morgan fingerprint density at radius 2 is 1.83 bits per heavy atom. The van der Waals surface area contributed by atoms with Gasteiger partial charge in [-0.15, -0.1) is 0 Å². The van der Waals surface area contributed by atoms with E-state index in [4.69, 9.17) is 13.2 Å². The van der Waals surface area contributed by atoms with Gasteiger partial charge in [-0.05, 0) is 25.9 Å². The summed E-state index contributed by atoms with van der Waals surface area (Å²) in [6.07, 6.45) is 1.78. The third-order valence-corrected chi connectivity index (χ3v) is 9.04. The number of aromatic hydroxyl groups is 1. The molecule has 3 aliphatic carbocycles. The third-order valence-electron chi connectivity index (χ3n) is 9.04. The summed E-state index contributed by atoms with van der Waals surface area (Å²) in [5.74, 6) is -7.08. The van der Waals surface area contributed by atoms with E-state index in [0.29, 0.717) is 0 Å². The fourth-order valence-corrected chi connectivity index (χ4v) is 6.98. The number of aliphatic hydroxyl groups excluding tert-OH is 2. The Morgan fingerprint density at radius 3 is 2.41 bits per heavy atom. The number of ketones is 1. The molecule has 4 aliphatic rings. The van der Waals surface area contributed by atoms with E-state index < -0.39 is 75.2 Å². The van der Waals surface area contributed by atoms with Crippen LogP contribution >= 0.6 is 0 Å². The van der Waals surface area contributed by atoms with Crippen LogP contribution in [0.2, 0.25) is 0 Å². The minimum absolute atomic E-state index is 0.0309. The van der Waals surface area contributed by atoms with E-state index in [2.05, 4.69) is 0 Å². The van der Waals surface area contributed by atoms with Crippen LogP contribution < -0.4 is 10.6 Å². The number of hydrogen-bond acceptors (Lipinski definition) is 9. The van der Waals surface area contributed by atoms with Gasteiger partial charge in [-0.2, -0.15) is 0 Å². The summed E-state index contributed by atoms with van der Waals surface area (Å²) < 4.78 is 15.6. The SMILES string of the molecule is [B]=C1C(C(N)=O)=C(O)[C@@H](N(C)C)[C@@H]2C[C@@H]3Cc4c(F)cc(N(C)C(=O)CN5CCCC5)c(O)c4C(O)=C3C(=O)[C@]12O. The first-order valence-corrected chi connectivity index (χ1v) is 13.5. The van der Waals surface area contributed by atoms with Crippen molar-refractivity contribution in [2.45, 2.75) is 37.3 Å². The van der Waals surface area contributed by atoms with Crippen LogP contribution in [0.1, 0.15) is 30.4 Å². The number of likely N-dealkylation sites (N-methyl/N-ethyl adjacent to an activating group) is 2. The van der Waals surface area contributed by atoms with Crippen molar-refractivity contribution in [1.82, 2.24) is 9.80 Å². The molecular weight excluding hydrogens is 534 g/mol. The molecule has 1 aromatic carbocycles. The zero-order valence-corrected chi connectivity index (χ0v) is 23.1. The predicted molar refractivity (Wildman–Crippen MR) is 149 cm³/mol. The van der Waals surface area contributed by atoms with Crippen LogP contribution in [0.15, 0.2) is 23.0 Å². The maximum absolute atomic E-state index is 15.6. The number of phenolic OH excluding ortho intramolecular Hbond substituents is 1. The van der Waals surface area contributed by atoms with Crippen molar-refractivity contribution < 1.29 is 39.2 Å². The summed E-state index contributed by atoms with van der Waals surface area (Å²) >= 11 is 0. The number of nitrogens with two attached hydrogens (primary N) is 1. The summed E-state index contributed by atoms with van der Waals surface area (Å²) in [5.41, 5.74) is 0.809. The number of aliphatic hydroxyl groups is 3. The molecule has 1 heterocycles. The quantitative estimate of drug-likeness (QED) is 0.306. The van der Waals surface area contributed by atoms with E-state index >= 15 is 4.39 Å². The molecule has 0 bridgehead atoms. The molecule has 41 heavy (non-hydrogen) atoms. The molecule has 2 fully saturated rings. The molecule has 2 amide bonds. The van der Waals surface area contributed by atoms with Gasteiger partial charge in [-0.1, -0.05) is 0 Å². The maximum atomic E-state index is 15.6. The molecule has 0 spiro atoms. The van der Waals surface area contributed by atoms with Crippen LogP contribution in [-0.4, -0.2) is 113 Å². The van der Waals surface area contributed by atoms with E-state index in [-0.39, 0.29) is 41.8 Å². The topological polar surface area (TPSA) is 168 Å². The van der Waals surface area contributed by atoms with Gasteiger partial charge in [-0.25, -0.2) is 0 Å². The molecule has 6 N–H and O–H groups in total. The van der Waals surface area contributed by atoms with Gasteiger partial charge in [0.1, 0.15) is 0 Å². The Kier molecular flexibility index (Phi) is 7.11. The Balaban J connectivity index is 1.61. The number of amides is 2. The first kappa shape index (κ1) is 29.0. The van der Waals surface area contributed by atoms with Gasteiger partial charge in [0.25, 0.3) is 0 Å². The van der Waals surface area contributed by atoms with E-state index in [0.717, 1.165) is 36.9 Å². The monoisotopic (exact) mass is 567 g/mol. The number of primary amides is 1. The van der Waals surface area contributed by atoms with Crippen LogP contribution in [0.5, 0.6) is 5.75 Å². The summed E-state index contributed by atoms with van der Waals surface area (Å²) in [4.78, 5) is 43.7. The van der Waals surface area contributed by atoms with Crippen molar-refractivity contribution in [3.05, 3.63) is 39.9 Å². The first-order chi connectivity index (χ1) is 19.2. The molecule has 0 aromatic heterocycles. The van der Waals surface area contributed by atoms with Crippen molar-refractivity contribution >= 4 is 42.0 Å². The molecule has 0 unspecified atom stereocenters. The minimum atomic E-state index is -2.53. The summed E-state index contributed by atoms with van der Waals surface area (Å²) in [5, 5.41) is 45.4. The van der Waals surface area contributed by atoms with Crippen LogP contribution in [0.25, 0.3) is 5.76 Å². The number of carbonyl (C=O) groups excluding carboxylic acids is 3. The molecule has 5 rings (SSSR count). The number of benzene rings is 1. The van der Waals surface area contributed by atoms with Crippen LogP contribution in [0.4, 0.5) is 10.1 Å². The molecule has 13 heteroatoms. The van der Waals surface area contributed by atoms with Crippen LogP contribution in [0, 0.1) is 17.7 Å². The fourth-order valence-electron chi connectivity index (χ4n) is 6.98. The second kappa shape index (κ2) is 10.1. The van der Waals surface area contributed by atoms with E-state index in [1.165, 1.54) is 11.9 Å². The van der Waals surface area contributed by atoms with Crippen molar-refractivity contribution in [2.75, 3.05) is 45.7 Å². The molecule has 1 aliphatic heterocycles. The number of likely N-dealkylation sites (tertiary alicyclic amines) is 1. The van der Waals surface area contributed by atoms with Crippen LogP contribution in [0.3, 0.4) is 0 Å². The van der Waals surface area contributed by atoms with E-state index in [1.54, 1.807) is 14.1 Å². The Morgan fingerprint density at radius 1 is 1.20 bits per heavy atom. The Hall–Kier alpha value is -3.55. The number of phenols is 1. The second-order valence-electron chi connectivity index (χ2n) is 11.6. The average Bonchev–Trinajstić information content (AvgIpc) is 3.40. The molecule has 11 nitrogen and oxygen atoms in total. The van der Waals surface area contributed by atoms with E-state index in [1.807, 2.05) is 4.90 Å². The first-order valence-electron chi connectivity index (χ1n) is 13.5. The molecule has 1 saturated carbocycles. The molecule has 217 valence electrons.